The molecule has 15 heavy (non-hydrogen) atoms. The van der Waals surface area contributed by atoms with Gasteiger partial charge in [-0.25, -0.2) is 0 Å². The highest BCUT2D eigenvalue weighted by molar-refractivity contribution is 8.78. The van der Waals surface area contributed by atoms with Crippen LogP contribution >= 0.6 is 57.2 Å². The Bertz CT molecular complexity index is 331. The van der Waals surface area contributed by atoms with Crippen molar-refractivity contribution in [2.75, 3.05) is 0 Å². The van der Waals surface area contributed by atoms with Gasteiger partial charge in [-0.05, 0) is 22.3 Å². The quantitative estimate of drug-likeness (QED) is 0.544. The normalized spacial score (nSPS) is 39.1. The smallest absolute Gasteiger partial charge is 0.113 e. The standard InChI is InChI=1S/C9H8OS5/c1-4-13-14-7(1)9(2-3-10-15-9)8-11-5-6-12-8/h1-8H. The summed E-state index contributed by atoms with van der Waals surface area (Å²) in [6.45, 7) is 0. The Morgan fingerprint density at radius 3 is 2.60 bits per heavy atom. The van der Waals surface area contributed by atoms with Crippen LogP contribution in [0.25, 0.3) is 0 Å². The lowest BCUT2D eigenvalue weighted by Crippen LogP contribution is -2.39. The van der Waals surface area contributed by atoms with Gasteiger partial charge >= 0.3 is 0 Å². The van der Waals surface area contributed by atoms with Crippen molar-refractivity contribution < 1.29 is 4.18 Å². The molecule has 0 aliphatic carbocycles. The van der Waals surface area contributed by atoms with E-state index in [1.807, 2.05) is 51.4 Å². The maximum Gasteiger partial charge on any atom is 0.113 e. The van der Waals surface area contributed by atoms with Crippen LogP contribution in [0.15, 0.2) is 34.6 Å². The third-order valence-corrected chi connectivity index (χ3v) is 9.01. The van der Waals surface area contributed by atoms with Crippen LogP contribution in [0.3, 0.4) is 0 Å². The molecular weight excluding hydrogens is 284 g/mol. The molecule has 0 aromatic rings. The fourth-order valence-electron chi connectivity index (χ4n) is 1.57. The first kappa shape index (κ1) is 10.9. The number of hydrogen-bond donors (Lipinski definition) is 0. The minimum atomic E-state index is 0.0868. The first-order valence-electron chi connectivity index (χ1n) is 4.39. The van der Waals surface area contributed by atoms with Crippen LogP contribution in [0.2, 0.25) is 0 Å². The van der Waals surface area contributed by atoms with Crippen molar-refractivity contribution in [2.45, 2.75) is 14.6 Å². The molecule has 0 aromatic carbocycles. The molecule has 0 radical (unpaired) electrons. The monoisotopic (exact) mass is 292 g/mol. The number of thioether (sulfide) groups is 2. The molecule has 1 nitrogen and oxygen atoms in total. The summed E-state index contributed by atoms with van der Waals surface area (Å²) in [6, 6.07) is 0. The van der Waals surface area contributed by atoms with Crippen LogP contribution in [-0.4, -0.2) is 14.6 Å². The van der Waals surface area contributed by atoms with Gasteiger partial charge in [0.25, 0.3) is 0 Å². The van der Waals surface area contributed by atoms with E-state index in [0.717, 1.165) is 0 Å². The fraction of sp³-hybridized carbons (Fsp3) is 0.333. The van der Waals surface area contributed by atoms with Gasteiger partial charge in [0.1, 0.15) is 4.75 Å². The Balaban J connectivity index is 1.87. The second-order valence-corrected chi connectivity index (χ2v) is 8.87. The molecule has 80 valence electrons. The summed E-state index contributed by atoms with van der Waals surface area (Å²) in [5.74, 6) is 0. The maximum absolute atomic E-state index is 5.41. The van der Waals surface area contributed by atoms with Crippen LogP contribution in [0.1, 0.15) is 0 Å². The van der Waals surface area contributed by atoms with Crippen LogP contribution in [-0.2, 0) is 4.18 Å². The van der Waals surface area contributed by atoms with E-state index in [1.165, 1.54) is 0 Å². The van der Waals surface area contributed by atoms with Gasteiger partial charge in [0, 0.05) is 0 Å². The molecule has 3 heterocycles. The molecule has 0 saturated heterocycles. The minimum absolute atomic E-state index is 0.0868. The summed E-state index contributed by atoms with van der Waals surface area (Å²) in [5, 5.41) is 7.05. The van der Waals surface area contributed by atoms with Crippen LogP contribution < -0.4 is 0 Å². The summed E-state index contributed by atoms with van der Waals surface area (Å²) in [6.07, 6.45) is 6.35. The van der Waals surface area contributed by atoms with E-state index in [0.29, 0.717) is 9.83 Å². The first-order chi connectivity index (χ1) is 7.42. The molecule has 3 aliphatic heterocycles. The predicted octanol–water partition coefficient (Wildman–Crippen LogP) is 4.47. The van der Waals surface area contributed by atoms with E-state index < -0.39 is 0 Å². The molecule has 2 atom stereocenters. The average molecular weight is 292 g/mol. The van der Waals surface area contributed by atoms with Gasteiger partial charge in [-0.3, -0.25) is 0 Å². The highest BCUT2D eigenvalue weighted by Gasteiger charge is 2.49. The predicted molar refractivity (Wildman–Crippen MR) is 76.8 cm³/mol. The van der Waals surface area contributed by atoms with Crippen LogP contribution in [0.4, 0.5) is 0 Å². The second-order valence-electron chi connectivity index (χ2n) is 3.15. The van der Waals surface area contributed by atoms with E-state index in [9.17, 15) is 0 Å². The molecule has 6 heteroatoms. The fourth-order valence-corrected chi connectivity index (χ4v) is 8.14. The highest BCUT2D eigenvalue weighted by Crippen LogP contribution is 2.58. The topological polar surface area (TPSA) is 9.23 Å². The van der Waals surface area contributed by atoms with Crippen molar-refractivity contribution in [3.8, 4) is 0 Å². The van der Waals surface area contributed by atoms with Gasteiger partial charge in [-0.1, -0.05) is 27.7 Å². The zero-order chi connectivity index (χ0) is 10.1. The van der Waals surface area contributed by atoms with E-state index in [2.05, 4.69) is 28.4 Å². The van der Waals surface area contributed by atoms with Gasteiger partial charge in [-0.2, -0.15) is 0 Å². The van der Waals surface area contributed by atoms with Gasteiger partial charge in [0.05, 0.1) is 28.1 Å². The zero-order valence-electron chi connectivity index (χ0n) is 7.57. The van der Waals surface area contributed by atoms with E-state index in [-0.39, 0.29) is 4.75 Å². The van der Waals surface area contributed by atoms with Crippen molar-refractivity contribution in [1.82, 2.24) is 0 Å². The Kier molecular flexibility index (Phi) is 3.32. The van der Waals surface area contributed by atoms with E-state index in [4.69, 9.17) is 4.18 Å². The lowest BCUT2D eigenvalue weighted by atomic mass is 10.1. The molecule has 3 rings (SSSR count). The van der Waals surface area contributed by atoms with Crippen LogP contribution in [0.5, 0.6) is 0 Å². The maximum atomic E-state index is 5.41. The molecule has 0 bridgehead atoms. The molecular formula is C9H8OS5. The third-order valence-electron chi connectivity index (χ3n) is 2.32. The van der Waals surface area contributed by atoms with Crippen molar-refractivity contribution in [3.63, 3.8) is 0 Å². The van der Waals surface area contributed by atoms with Crippen molar-refractivity contribution in [1.29, 1.82) is 0 Å². The van der Waals surface area contributed by atoms with Crippen molar-refractivity contribution >= 4 is 57.2 Å². The van der Waals surface area contributed by atoms with Gasteiger partial charge in [-0.15, -0.1) is 23.5 Å². The summed E-state index contributed by atoms with van der Waals surface area (Å²) in [5.41, 5.74) is 0. The largest absolute Gasteiger partial charge is 0.433 e. The lowest BCUT2D eigenvalue weighted by Gasteiger charge is -2.32. The van der Waals surface area contributed by atoms with E-state index in [1.54, 1.807) is 12.0 Å². The molecule has 0 spiro atoms. The lowest BCUT2D eigenvalue weighted by molar-refractivity contribution is 0.575. The van der Waals surface area contributed by atoms with E-state index >= 15 is 0 Å². The molecule has 3 aliphatic rings. The average Bonchev–Trinajstić information content (AvgIpc) is 3.02. The molecule has 2 unspecified atom stereocenters. The summed E-state index contributed by atoms with van der Waals surface area (Å²) in [7, 11) is 3.75. The Morgan fingerprint density at radius 2 is 2.00 bits per heavy atom. The van der Waals surface area contributed by atoms with Crippen LogP contribution in [0, 0.1) is 0 Å². The molecule has 0 saturated carbocycles. The summed E-state index contributed by atoms with van der Waals surface area (Å²) >= 11 is 5.40. The Hall–Kier alpha value is 0.770. The zero-order valence-corrected chi connectivity index (χ0v) is 11.7. The minimum Gasteiger partial charge on any atom is -0.433 e. The number of rotatable bonds is 2. The molecule has 0 N–H and O–H groups in total. The SMILES string of the molecule is C1=CC(C2C=CSS2)(C2SC=CS2)SO1. The third kappa shape index (κ3) is 1.88. The van der Waals surface area contributed by atoms with Crippen molar-refractivity contribution in [3.05, 3.63) is 34.6 Å². The van der Waals surface area contributed by atoms with Gasteiger partial charge in [0.15, 0.2) is 0 Å². The van der Waals surface area contributed by atoms with Gasteiger partial charge < -0.3 is 4.18 Å². The summed E-state index contributed by atoms with van der Waals surface area (Å²) < 4.78 is 6.03. The molecule has 0 aromatic heterocycles. The van der Waals surface area contributed by atoms with Crippen molar-refractivity contribution in [2.24, 2.45) is 0 Å². The Labute approximate surface area is 110 Å². The summed E-state index contributed by atoms with van der Waals surface area (Å²) in [4.78, 5) is 0. The number of hydrogen-bond acceptors (Lipinski definition) is 6. The Morgan fingerprint density at radius 1 is 1.13 bits per heavy atom. The molecule has 0 fully saturated rings. The molecule has 0 amide bonds. The highest BCUT2D eigenvalue weighted by atomic mass is 33.1. The van der Waals surface area contributed by atoms with Gasteiger partial charge in [0.2, 0.25) is 0 Å². The second kappa shape index (κ2) is 4.56. The first-order valence-corrected chi connectivity index (χ1v) is 9.29.